The largest absolute Gasteiger partial charge is 0.504 e. The highest BCUT2D eigenvalue weighted by molar-refractivity contribution is 5.95. The SMILES string of the molecule is CC.COc1ccc(/C(=C/C=O)c2c(OC)cc(OC)c(OC)c2OC)cc1O. The number of methoxy groups -OCH3 is 5. The van der Waals surface area contributed by atoms with E-state index in [1.165, 1.54) is 47.7 Å². The number of phenols is 1. The van der Waals surface area contributed by atoms with Gasteiger partial charge in [0.1, 0.15) is 12.0 Å². The zero-order valence-corrected chi connectivity index (χ0v) is 17.9. The van der Waals surface area contributed by atoms with Gasteiger partial charge in [-0.25, -0.2) is 0 Å². The van der Waals surface area contributed by atoms with Gasteiger partial charge in [-0.3, -0.25) is 4.79 Å². The van der Waals surface area contributed by atoms with Gasteiger partial charge in [0.15, 0.2) is 23.0 Å². The molecule has 0 radical (unpaired) electrons. The number of aldehydes is 1. The predicted molar refractivity (Wildman–Crippen MR) is 112 cm³/mol. The van der Waals surface area contributed by atoms with Crippen LogP contribution in [0, 0.1) is 0 Å². The normalized spacial score (nSPS) is 10.4. The number of phenolic OH excluding ortho intramolecular Hbond substituents is 1. The highest BCUT2D eigenvalue weighted by Gasteiger charge is 2.25. The van der Waals surface area contributed by atoms with E-state index in [1.807, 2.05) is 13.8 Å². The Morgan fingerprint density at radius 1 is 0.793 bits per heavy atom. The summed E-state index contributed by atoms with van der Waals surface area (Å²) in [5.74, 6) is 1.76. The molecule has 2 aromatic carbocycles. The summed E-state index contributed by atoms with van der Waals surface area (Å²) in [4.78, 5) is 11.3. The van der Waals surface area contributed by atoms with E-state index in [0.717, 1.165) is 0 Å². The molecule has 7 nitrogen and oxygen atoms in total. The number of carbonyl (C=O) groups is 1. The molecular formula is C22H28O7. The molecule has 0 saturated heterocycles. The minimum atomic E-state index is -0.0646. The highest BCUT2D eigenvalue weighted by Crippen LogP contribution is 2.49. The first kappa shape index (κ1) is 23.7. The van der Waals surface area contributed by atoms with Crippen LogP contribution in [0.3, 0.4) is 0 Å². The number of rotatable bonds is 8. The van der Waals surface area contributed by atoms with E-state index in [0.29, 0.717) is 51.7 Å². The summed E-state index contributed by atoms with van der Waals surface area (Å²) in [6.07, 6.45) is 2.00. The molecule has 7 heteroatoms. The number of benzene rings is 2. The molecule has 0 bridgehead atoms. The molecule has 0 unspecified atom stereocenters. The monoisotopic (exact) mass is 404 g/mol. The predicted octanol–water partition coefficient (Wildman–Crippen LogP) is 4.09. The van der Waals surface area contributed by atoms with Crippen LogP contribution in [0.5, 0.6) is 34.5 Å². The summed E-state index contributed by atoms with van der Waals surface area (Å²) >= 11 is 0. The van der Waals surface area contributed by atoms with Crippen LogP contribution in [0.15, 0.2) is 30.3 Å². The van der Waals surface area contributed by atoms with Crippen LogP contribution in [0.25, 0.3) is 5.57 Å². The number of carbonyl (C=O) groups excluding carboxylic acids is 1. The van der Waals surface area contributed by atoms with Crippen molar-refractivity contribution in [2.75, 3.05) is 35.5 Å². The standard InChI is InChI=1S/C20H22O7.C2H6/c1-23-15-7-6-12(10-14(15)22)13(8-9-21)18-16(24-2)11-17(25-3)19(26-4)20(18)27-5;1-2/h6-11,22H,1-5H3;1-2H3/b13-8-;. The fraction of sp³-hybridized carbons (Fsp3) is 0.318. The van der Waals surface area contributed by atoms with E-state index in [4.69, 9.17) is 23.7 Å². The van der Waals surface area contributed by atoms with Crippen LogP contribution in [-0.2, 0) is 4.79 Å². The average Bonchev–Trinajstić information content (AvgIpc) is 2.77. The van der Waals surface area contributed by atoms with Crippen molar-refractivity contribution < 1.29 is 33.6 Å². The zero-order valence-electron chi connectivity index (χ0n) is 17.9. The van der Waals surface area contributed by atoms with E-state index in [2.05, 4.69) is 0 Å². The Balaban J connectivity index is 0.00000204. The molecule has 0 aliphatic carbocycles. The molecule has 0 spiro atoms. The first-order valence-corrected chi connectivity index (χ1v) is 8.96. The molecule has 1 N–H and O–H groups in total. The van der Waals surface area contributed by atoms with Crippen molar-refractivity contribution in [3.8, 4) is 34.5 Å². The topological polar surface area (TPSA) is 83.5 Å². The van der Waals surface area contributed by atoms with Crippen LogP contribution in [-0.4, -0.2) is 46.9 Å². The maximum absolute atomic E-state index is 11.3. The van der Waals surface area contributed by atoms with Gasteiger partial charge in [0.2, 0.25) is 5.75 Å². The third-order valence-electron chi connectivity index (χ3n) is 4.01. The maximum Gasteiger partial charge on any atom is 0.204 e. The Morgan fingerprint density at radius 2 is 1.38 bits per heavy atom. The summed E-state index contributed by atoms with van der Waals surface area (Å²) in [5.41, 5.74) is 1.51. The number of hydrogen-bond donors (Lipinski definition) is 1. The molecule has 0 aromatic heterocycles. The van der Waals surface area contributed by atoms with Crippen molar-refractivity contribution in [2.45, 2.75) is 13.8 Å². The summed E-state index contributed by atoms with van der Waals surface area (Å²) in [6, 6.07) is 6.44. The van der Waals surface area contributed by atoms with E-state index in [9.17, 15) is 9.90 Å². The molecule has 2 aromatic rings. The van der Waals surface area contributed by atoms with Crippen molar-refractivity contribution in [3.63, 3.8) is 0 Å². The van der Waals surface area contributed by atoms with Gasteiger partial charge in [0, 0.05) is 6.07 Å². The van der Waals surface area contributed by atoms with Crippen LogP contribution in [0.2, 0.25) is 0 Å². The Morgan fingerprint density at radius 3 is 1.83 bits per heavy atom. The second kappa shape index (κ2) is 11.5. The molecule has 0 heterocycles. The summed E-state index contributed by atoms with van der Waals surface area (Å²) in [7, 11) is 7.41. The molecule has 29 heavy (non-hydrogen) atoms. The lowest BCUT2D eigenvalue weighted by molar-refractivity contribution is -0.104. The molecule has 0 aliphatic rings. The van der Waals surface area contributed by atoms with Gasteiger partial charge >= 0.3 is 0 Å². The van der Waals surface area contributed by atoms with Crippen molar-refractivity contribution in [1.82, 2.24) is 0 Å². The number of aromatic hydroxyl groups is 1. The number of allylic oxidation sites excluding steroid dienone is 1. The minimum absolute atomic E-state index is 0.0646. The van der Waals surface area contributed by atoms with Crippen LogP contribution < -0.4 is 23.7 Å². The van der Waals surface area contributed by atoms with E-state index < -0.39 is 0 Å². The first-order chi connectivity index (χ1) is 14.1. The minimum Gasteiger partial charge on any atom is -0.504 e. The third kappa shape index (κ3) is 4.93. The second-order valence-electron chi connectivity index (χ2n) is 5.33. The highest BCUT2D eigenvalue weighted by atomic mass is 16.5. The molecule has 0 amide bonds. The van der Waals surface area contributed by atoms with Crippen LogP contribution in [0.1, 0.15) is 25.0 Å². The molecule has 158 valence electrons. The van der Waals surface area contributed by atoms with E-state index in [1.54, 1.807) is 18.2 Å². The van der Waals surface area contributed by atoms with Gasteiger partial charge in [-0.1, -0.05) is 19.9 Å². The molecule has 0 aliphatic heterocycles. The van der Waals surface area contributed by atoms with E-state index in [-0.39, 0.29) is 5.75 Å². The summed E-state index contributed by atoms with van der Waals surface area (Å²) in [5, 5.41) is 10.1. The van der Waals surface area contributed by atoms with Gasteiger partial charge in [-0.2, -0.15) is 0 Å². The van der Waals surface area contributed by atoms with Crippen molar-refractivity contribution in [2.24, 2.45) is 0 Å². The molecular weight excluding hydrogens is 376 g/mol. The average molecular weight is 404 g/mol. The second-order valence-corrected chi connectivity index (χ2v) is 5.33. The lowest BCUT2D eigenvalue weighted by Gasteiger charge is -2.21. The van der Waals surface area contributed by atoms with Crippen LogP contribution >= 0.6 is 0 Å². The van der Waals surface area contributed by atoms with Gasteiger partial charge in [0.25, 0.3) is 0 Å². The Hall–Kier alpha value is -3.35. The number of ether oxygens (including phenoxy) is 5. The fourth-order valence-corrected chi connectivity index (χ4v) is 2.80. The summed E-state index contributed by atoms with van der Waals surface area (Å²) in [6.45, 7) is 4.00. The molecule has 0 atom stereocenters. The van der Waals surface area contributed by atoms with Crippen molar-refractivity contribution in [3.05, 3.63) is 41.5 Å². The smallest absolute Gasteiger partial charge is 0.204 e. The lowest BCUT2D eigenvalue weighted by Crippen LogP contribution is -2.03. The van der Waals surface area contributed by atoms with Crippen molar-refractivity contribution in [1.29, 1.82) is 0 Å². The third-order valence-corrected chi connectivity index (χ3v) is 4.01. The van der Waals surface area contributed by atoms with Crippen LogP contribution in [0.4, 0.5) is 0 Å². The molecule has 2 rings (SSSR count). The number of hydrogen-bond acceptors (Lipinski definition) is 7. The zero-order chi connectivity index (χ0) is 22.0. The molecule has 0 saturated carbocycles. The fourth-order valence-electron chi connectivity index (χ4n) is 2.80. The Labute approximate surface area is 171 Å². The Kier molecular flexibility index (Phi) is 9.38. The van der Waals surface area contributed by atoms with Gasteiger partial charge in [0.05, 0.1) is 41.1 Å². The maximum atomic E-state index is 11.3. The van der Waals surface area contributed by atoms with Crippen molar-refractivity contribution >= 4 is 11.9 Å². The summed E-state index contributed by atoms with van der Waals surface area (Å²) < 4.78 is 26.9. The van der Waals surface area contributed by atoms with Gasteiger partial charge < -0.3 is 28.8 Å². The first-order valence-electron chi connectivity index (χ1n) is 8.96. The van der Waals surface area contributed by atoms with Gasteiger partial charge in [-0.05, 0) is 29.3 Å². The lowest BCUT2D eigenvalue weighted by atomic mass is 9.94. The Bertz CT molecular complexity index is 857. The van der Waals surface area contributed by atoms with Gasteiger partial charge in [-0.15, -0.1) is 0 Å². The quantitative estimate of drug-likeness (QED) is 0.524. The molecule has 0 fully saturated rings. The van der Waals surface area contributed by atoms with E-state index >= 15 is 0 Å².